The summed E-state index contributed by atoms with van der Waals surface area (Å²) in [5.41, 5.74) is 2.04. The van der Waals surface area contributed by atoms with Crippen LogP contribution in [-0.2, 0) is 14.3 Å². The summed E-state index contributed by atoms with van der Waals surface area (Å²) < 4.78 is 21.3. The molecule has 144 valence electrons. The Balaban J connectivity index is 1.31. The minimum Gasteiger partial charge on any atom is -0.488 e. The first kappa shape index (κ1) is 17.9. The number of fused-ring (bicyclic) bond motifs is 2. The number of ether oxygens (including phenoxy) is 4. The van der Waals surface area contributed by atoms with Crippen molar-refractivity contribution in [3.05, 3.63) is 59.2 Å². The molecule has 2 heterocycles. The molecule has 2 aromatic rings. The second-order valence-corrected chi connectivity index (χ2v) is 6.47. The fraction of sp³-hybridized carbons (Fsp3) is 0.238. The monoisotopic (exact) mass is 381 g/mol. The van der Waals surface area contributed by atoms with Gasteiger partial charge in [0.25, 0.3) is 5.91 Å². The number of carbonyl (C=O) groups is 2. The molecule has 0 aliphatic carbocycles. The largest absolute Gasteiger partial charge is 0.488 e. The molecule has 2 aromatic carbocycles. The number of benzene rings is 2. The molecule has 1 N–H and O–H groups in total. The van der Waals surface area contributed by atoms with E-state index in [1.165, 1.54) is 0 Å². The van der Waals surface area contributed by atoms with E-state index < -0.39 is 11.9 Å². The van der Waals surface area contributed by atoms with Crippen molar-refractivity contribution in [1.82, 2.24) is 5.32 Å². The maximum absolute atomic E-state index is 12.2. The minimum atomic E-state index is -0.569. The summed E-state index contributed by atoms with van der Waals surface area (Å²) >= 11 is 0. The Kier molecular flexibility index (Phi) is 4.89. The average Bonchev–Trinajstić information content (AvgIpc) is 3.19. The molecule has 2 aliphatic rings. The van der Waals surface area contributed by atoms with Gasteiger partial charge in [-0.2, -0.15) is 0 Å². The second-order valence-electron chi connectivity index (χ2n) is 6.47. The fourth-order valence-electron chi connectivity index (χ4n) is 3.01. The first-order valence-electron chi connectivity index (χ1n) is 8.88. The smallest absolute Gasteiger partial charge is 0.338 e. The molecule has 1 atom stereocenters. The minimum absolute atomic E-state index is 0.116. The number of para-hydroxylation sites is 1. The zero-order chi connectivity index (χ0) is 19.5. The third-order valence-electron chi connectivity index (χ3n) is 4.50. The van der Waals surface area contributed by atoms with E-state index >= 15 is 0 Å². The third-order valence-corrected chi connectivity index (χ3v) is 4.50. The van der Waals surface area contributed by atoms with E-state index in [-0.39, 0.29) is 26.0 Å². The number of amides is 1. The standard InChI is InChI=1S/C21H19NO6/c1-13(14-6-7-18-19(9-14)28-12-27-18)22-20(23)11-26-21(24)16-8-15-4-2-3-5-17(15)25-10-16/h2-9,13H,10-12H2,1H3,(H,22,23)/t13-/m1/s1. The van der Waals surface area contributed by atoms with Crippen molar-refractivity contribution in [2.45, 2.75) is 13.0 Å². The Morgan fingerprint density at radius 2 is 1.89 bits per heavy atom. The molecule has 0 spiro atoms. The molecule has 7 nitrogen and oxygen atoms in total. The number of hydrogen-bond acceptors (Lipinski definition) is 6. The molecule has 4 rings (SSSR count). The third kappa shape index (κ3) is 3.78. The van der Waals surface area contributed by atoms with Gasteiger partial charge in [-0.25, -0.2) is 4.79 Å². The topological polar surface area (TPSA) is 83.1 Å². The van der Waals surface area contributed by atoms with Gasteiger partial charge in [0.1, 0.15) is 12.4 Å². The SMILES string of the molecule is C[C@@H](NC(=O)COC(=O)C1=Cc2ccccc2OC1)c1ccc2c(c1)OCO2. The summed E-state index contributed by atoms with van der Waals surface area (Å²) in [4.78, 5) is 24.4. The van der Waals surface area contributed by atoms with Gasteiger partial charge >= 0.3 is 5.97 Å². The maximum atomic E-state index is 12.2. The molecular formula is C21H19NO6. The van der Waals surface area contributed by atoms with E-state index in [1.54, 1.807) is 12.1 Å². The van der Waals surface area contributed by atoms with Gasteiger partial charge in [-0.05, 0) is 36.8 Å². The zero-order valence-corrected chi connectivity index (χ0v) is 15.3. The van der Waals surface area contributed by atoms with Gasteiger partial charge in [0, 0.05) is 5.56 Å². The van der Waals surface area contributed by atoms with E-state index in [2.05, 4.69) is 5.32 Å². The lowest BCUT2D eigenvalue weighted by Crippen LogP contribution is -2.31. The van der Waals surface area contributed by atoms with Crippen LogP contribution in [-0.4, -0.2) is 31.9 Å². The molecule has 28 heavy (non-hydrogen) atoms. The van der Waals surface area contributed by atoms with Crippen LogP contribution in [0.1, 0.15) is 24.1 Å². The number of nitrogens with one attached hydrogen (secondary N) is 1. The van der Waals surface area contributed by atoms with Crippen LogP contribution in [0.3, 0.4) is 0 Å². The fourth-order valence-corrected chi connectivity index (χ4v) is 3.01. The first-order valence-corrected chi connectivity index (χ1v) is 8.88. The molecule has 7 heteroatoms. The van der Waals surface area contributed by atoms with Crippen LogP contribution < -0.4 is 19.5 Å². The first-order chi connectivity index (χ1) is 13.6. The van der Waals surface area contributed by atoms with Crippen molar-refractivity contribution in [3.63, 3.8) is 0 Å². The molecule has 0 aromatic heterocycles. The Bertz CT molecular complexity index is 952. The highest BCUT2D eigenvalue weighted by atomic mass is 16.7. The predicted octanol–water partition coefficient (Wildman–Crippen LogP) is 2.61. The molecule has 1 amide bonds. The van der Waals surface area contributed by atoms with Gasteiger partial charge in [-0.15, -0.1) is 0 Å². The lowest BCUT2D eigenvalue weighted by molar-refractivity contribution is -0.145. The Labute approximate surface area is 161 Å². The van der Waals surface area contributed by atoms with Crippen LogP contribution in [0.5, 0.6) is 17.2 Å². The lowest BCUT2D eigenvalue weighted by atomic mass is 10.1. The van der Waals surface area contributed by atoms with Crippen LogP contribution in [0, 0.1) is 0 Å². The molecular weight excluding hydrogens is 362 g/mol. The molecule has 0 bridgehead atoms. The summed E-state index contributed by atoms with van der Waals surface area (Å²) in [6.45, 7) is 1.78. The van der Waals surface area contributed by atoms with Crippen molar-refractivity contribution in [1.29, 1.82) is 0 Å². The number of esters is 1. The highest BCUT2D eigenvalue weighted by Gasteiger charge is 2.20. The number of rotatable bonds is 5. The van der Waals surface area contributed by atoms with Gasteiger partial charge in [0.05, 0.1) is 11.6 Å². The predicted molar refractivity (Wildman–Crippen MR) is 100.0 cm³/mol. The second kappa shape index (κ2) is 7.64. The maximum Gasteiger partial charge on any atom is 0.338 e. The van der Waals surface area contributed by atoms with Crippen molar-refractivity contribution < 1.29 is 28.5 Å². The van der Waals surface area contributed by atoms with Gasteiger partial charge in [0.15, 0.2) is 18.1 Å². The van der Waals surface area contributed by atoms with E-state index in [0.29, 0.717) is 22.8 Å². The molecule has 0 fully saturated rings. The Hall–Kier alpha value is -3.48. The highest BCUT2D eigenvalue weighted by Crippen LogP contribution is 2.34. The van der Waals surface area contributed by atoms with Crippen LogP contribution >= 0.6 is 0 Å². The quantitative estimate of drug-likeness (QED) is 0.802. The molecule has 0 saturated carbocycles. The lowest BCUT2D eigenvalue weighted by Gasteiger charge is -2.17. The summed E-state index contributed by atoms with van der Waals surface area (Å²) in [5.74, 6) is 1.08. The van der Waals surface area contributed by atoms with Gasteiger partial charge < -0.3 is 24.3 Å². The molecule has 0 saturated heterocycles. The summed E-state index contributed by atoms with van der Waals surface area (Å²) in [5, 5.41) is 2.80. The molecule has 2 aliphatic heterocycles. The summed E-state index contributed by atoms with van der Waals surface area (Å²) in [7, 11) is 0. The van der Waals surface area contributed by atoms with Crippen LogP contribution in [0.2, 0.25) is 0 Å². The van der Waals surface area contributed by atoms with Crippen molar-refractivity contribution >= 4 is 18.0 Å². The van der Waals surface area contributed by atoms with Crippen LogP contribution in [0.4, 0.5) is 0 Å². The van der Waals surface area contributed by atoms with E-state index in [4.69, 9.17) is 18.9 Å². The van der Waals surface area contributed by atoms with Crippen molar-refractivity contribution in [2.75, 3.05) is 20.0 Å². The summed E-state index contributed by atoms with van der Waals surface area (Å²) in [6, 6.07) is 12.6. The van der Waals surface area contributed by atoms with Gasteiger partial charge in [-0.3, -0.25) is 4.79 Å². The van der Waals surface area contributed by atoms with Gasteiger partial charge in [-0.1, -0.05) is 24.3 Å². The van der Waals surface area contributed by atoms with Crippen molar-refractivity contribution in [2.24, 2.45) is 0 Å². The molecule has 0 radical (unpaired) electrons. The van der Waals surface area contributed by atoms with Gasteiger partial charge in [0.2, 0.25) is 6.79 Å². The van der Waals surface area contributed by atoms with E-state index in [9.17, 15) is 9.59 Å². The van der Waals surface area contributed by atoms with Crippen LogP contribution in [0.25, 0.3) is 6.08 Å². The van der Waals surface area contributed by atoms with E-state index in [0.717, 1.165) is 11.1 Å². The number of carbonyl (C=O) groups excluding carboxylic acids is 2. The normalized spacial score (nSPS) is 15.0. The highest BCUT2D eigenvalue weighted by molar-refractivity contribution is 5.96. The summed E-state index contributed by atoms with van der Waals surface area (Å²) in [6.07, 6.45) is 1.72. The van der Waals surface area contributed by atoms with Crippen molar-refractivity contribution in [3.8, 4) is 17.2 Å². The average molecular weight is 381 g/mol. The van der Waals surface area contributed by atoms with E-state index in [1.807, 2.05) is 43.3 Å². The van der Waals surface area contributed by atoms with Crippen LogP contribution in [0.15, 0.2) is 48.0 Å². The zero-order valence-electron chi connectivity index (χ0n) is 15.3. The Morgan fingerprint density at radius 3 is 2.79 bits per heavy atom. The molecule has 0 unspecified atom stereocenters. The Morgan fingerprint density at radius 1 is 1.07 bits per heavy atom. The number of hydrogen-bond donors (Lipinski definition) is 1.